The highest BCUT2D eigenvalue weighted by Gasteiger charge is 2.22. The van der Waals surface area contributed by atoms with Crippen LogP contribution < -0.4 is 5.32 Å². The van der Waals surface area contributed by atoms with Crippen LogP contribution in [-0.4, -0.2) is 32.7 Å². The van der Waals surface area contributed by atoms with Crippen LogP contribution in [0.25, 0.3) is 33.5 Å². The minimum atomic E-state index is 0.677. The van der Waals surface area contributed by atoms with Crippen molar-refractivity contribution in [3.63, 3.8) is 0 Å². The van der Waals surface area contributed by atoms with Gasteiger partial charge in [0, 0.05) is 18.7 Å². The van der Waals surface area contributed by atoms with Gasteiger partial charge in [-0.05, 0) is 68.0 Å². The van der Waals surface area contributed by atoms with E-state index in [1.54, 1.807) is 0 Å². The van der Waals surface area contributed by atoms with Gasteiger partial charge >= 0.3 is 0 Å². The molecule has 1 aliphatic rings. The van der Waals surface area contributed by atoms with Gasteiger partial charge in [0.2, 0.25) is 0 Å². The Labute approximate surface area is 215 Å². The zero-order chi connectivity index (χ0) is 24.7. The van der Waals surface area contributed by atoms with E-state index in [0.29, 0.717) is 11.7 Å². The lowest BCUT2D eigenvalue weighted by Crippen LogP contribution is -2.16. The second-order valence-electron chi connectivity index (χ2n) is 10.1. The average molecular weight is 480 g/mol. The zero-order valence-corrected chi connectivity index (χ0v) is 21.4. The number of nitrogens with zero attached hydrogens (tertiary/aromatic N) is 4. The first-order valence-corrected chi connectivity index (χ1v) is 13.5. The Morgan fingerprint density at radius 2 is 1.72 bits per heavy atom. The molecule has 1 fully saturated rings. The van der Waals surface area contributed by atoms with E-state index in [-0.39, 0.29) is 0 Å². The van der Waals surface area contributed by atoms with Crippen LogP contribution in [0.3, 0.4) is 0 Å². The molecule has 5 rings (SSSR count). The maximum atomic E-state index is 5.86. The molecule has 0 bridgehead atoms. The molecule has 0 atom stereocenters. The van der Waals surface area contributed by atoms with E-state index in [0.717, 1.165) is 50.4 Å². The van der Waals surface area contributed by atoms with Crippen LogP contribution >= 0.6 is 0 Å². The fraction of sp³-hybridized carbons (Fsp3) is 0.419. The van der Waals surface area contributed by atoms with Crippen LogP contribution in [0, 0.1) is 18.3 Å². The third-order valence-electron chi connectivity index (χ3n) is 7.59. The molecule has 5 heteroatoms. The summed E-state index contributed by atoms with van der Waals surface area (Å²) >= 11 is 0. The van der Waals surface area contributed by atoms with Crippen LogP contribution in [-0.2, 0) is 13.1 Å². The number of imidazole rings is 2. The third-order valence-corrected chi connectivity index (χ3v) is 7.59. The number of hydrogen-bond acceptors (Lipinski definition) is 3. The van der Waals surface area contributed by atoms with Gasteiger partial charge in [-0.3, -0.25) is 0 Å². The van der Waals surface area contributed by atoms with Crippen molar-refractivity contribution in [2.75, 3.05) is 13.6 Å². The highest BCUT2D eigenvalue weighted by atomic mass is 15.2. The van der Waals surface area contributed by atoms with Crippen molar-refractivity contribution in [2.45, 2.75) is 64.5 Å². The fourth-order valence-electron chi connectivity index (χ4n) is 5.62. The molecule has 5 nitrogen and oxygen atoms in total. The van der Waals surface area contributed by atoms with E-state index < -0.39 is 0 Å². The summed E-state index contributed by atoms with van der Waals surface area (Å²) in [5, 5.41) is 5.74. The van der Waals surface area contributed by atoms with Crippen LogP contribution in [0.15, 0.2) is 54.9 Å². The third kappa shape index (κ3) is 5.24. The van der Waals surface area contributed by atoms with Crippen molar-refractivity contribution in [1.29, 1.82) is 0 Å². The summed E-state index contributed by atoms with van der Waals surface area (Å²) in [7, 11) is 2.00. The lowest BCUT2D eigenvalue weighted by atomic mass is 9.89. The SMILES string of the molecule is C#Cc1ncc(-c2ncc(-c3ccc4ccccc4c3)n2CC2CCCCC2)n1CCCCCNC. The van der Waals surface area contributed by atoms with Gasteiger partial charge in [-0.2, -0.15) is 0 Å². The Bertz CT molecular complexity index is 1330. The molecule has 2 aromatic carbocycles. The summed E-state index contributed by atoms with van der Waals surface area (Å²) in [4.78, 5) is 9.60. The van der Waals surface area contributed by atoms with E-state index in [1.165, 1.54) is 54.1 Å². The van der Waals surface area contributed by atoms with Gasteiger partial charge in [0.15, 0.2) is 11.6 Å². The Morgan fingerprint density at radius 3 is 2.53 bits per heavy atom. The maximum Gasteiger partial charge on any atom is 0.185 e. The molecular formula is C31H37N5. The lowest BCUT2D eigenvalue weighted by molar-refractivity contribution is 0.321. The molecule has 0 unspecified atom stereocenters. The van der Waals surface area contributed by atoms with Crippen molar-refractivity contribution in [2.24, 2.45) is 5.92 Å². The van der Waals surface area contributed by atoms with Crippen LogP contribution in [0.4, 0.5) is 0 Å². The smallest absolute Gasteiger partial charge is 0.185 e. The van der Waals surface area contributed by atoms with Gasteiger partial charge in [-0.1, -0.05) is 62.1 Å². The quantitative estimate of drug-likeness (QED) is 0.208. The molecule has 2 heterocycles. The van der Waals surface area contributed by atoms with Crippen molar-refractivity contribution < 1.29 is 0 Å². The summed E-state index contributed by atoms with van der Waals surface area (Å²) in [6.45, 7) is 2.89. The summed E-state index contributed by atoms with van der Waals surface area (Å²) in [6, 6.07) is 15.3. The van der Waals surface area contributed by atoms with Gasteiger partial charge in [-0.25, -0.2) is 9.97 Å². The fourth-order valence-corrected chi connectivity index (χ4v) is 5.62. The molecule has 1 saturated carbocycles. The molecule has 4 aromatic rings. The number of hydrogen-bond donors (Lipinski definition) is 1. The maximum absolute atomic E-state index is 5.86. The normalized spacial score (nSPS) is 14.3. The van der Waals surface area contributed by atoms with Crippen molar-refractivity contribution in [3.8, 4) is 35.1 Å². The highest BCUT2D eigenvalue weighted by Crippen LogP contribution is 2.33. The minimum Gasteiger partial charge on any atom is -0.322 e. The Hall–Kier alpha value is -3.36. The summed E-state index contributed by atoms with van der Waals surface area (Å²) in [6.07, 6.45) is 19.8. The minimum absolute atomic E-state index is 0.677. The van der Waals surface area contributed by atoms with E-state index in [1.807, 2.05) is 19.4 Å². The summed E-state index contributed by atoms with van der Waals surface area (Å²) < 4.78 is 4.64. The number of rotatable bonds is 10. The second-order valence-corrected chi connectivity index (χ2v) is 10.1. The predicted octanol–water partition coefficient (Wildman–Crippen LogP) is 6.52. The first-order valence-electron chi connectivity index (χ1n) is 13.5. The van der Waals surface area contributed by atoms with Gasteiger partial charge in [-0.15, -0.1) is 6.42 Å². The molecule has 2 aromatic heterocycles. The Balaban J connectivity index is 1.53. The van der Waals surface area contributed by atoms with Gasteiger partial charge in [0.25, 0.3) is 0 Å². The molecule has 36 heavy (non-hydrogen) atoms. The van der Waals surface area contributed by atoms with Gasteiger partial charge < -0.3 is 14.5 Å². The second kappa shape index (κ2) is 11.6. The highest BCUT2D eigenvalue weighted by molar-refractivity contribution is 5.87. The van der Waals surface area contributed by atoms with Crippen LogP contribution in [0.1, 0.15) is 57.2 Å². The molecular weight excluding hydrogens is 442 g/mol. The Morgan fingerprint density at radius 1 is 0.917 bits per heavy atom. The van der Waals surface area contributed by atoms with Crippen molar-refractivity contribution >= 4 is 10.8 Å². The molecule has 1 N–H and O–H groups in total. The number of aromatic nitrogens is 4. The zero-order valence-electron chi connectivity index (χ0n) is 21.4. The standard InChI is InChI=1S/C31H37N5/c1-3-30-33-22-29(35(30)19-11-5-10-18-32-2)31-34-21-28(36(31)23-24-12-6-4-7-13-24)27-17-16-25-14-8-9-15-26(25)20-27/h1,8-9,14-17,20-22,24,32H,4-7,10-13,18-19,23H2,2H3. The number of terminal acetylenes is 1. The topological polar surface area (TPSA) is 47.7 Å². The van der Waals surface area contributed by atoms with E-state index >= 15 is 0 Å². The molecule has 0 amide bonds. The lowest BCUT2D eigenvalue weighted by Gasteiger charge is -2.24. The van der Waals surface area contributed by atoms with Gasteiger partial charge in [0.1, 0.15) is 5.69 Å². The van der Waals surface area contributed by atoms with E-state index in [4.69, 9.17) is 11.4 Å². The van der Waals surface area contributed by atoms with Crippen LogP contribution in [0.5, 0.6) is 0 Å². The van der Waals surface area contributed by atoms with Crippen molar-refractivity contribution in [1.82, 2.24) is 24.4 Å². The van der Waals surface area contributed by atoms with Crippen molar-refractivity contribution in [3.05, 3.63) is 60.7 Å². The number of benzene rings is 2. The average Bonchev–Trinajstić information content (AvgIpc) is 3.52. The molecule has 0 spiro atoms. The van der Waals surface area contributed by atoms with E-state index in [9.17, 15) is 0 Å². The Kier molecular flexibility index (Phi) is 7.83. The van der Waals surface area contributed by atoms with E-state index in [2.05, 4.69) is 67.8 Å². The number of unbranched alkanes of at least 4 members (excludes halogenated alkanes) is 2. The molecule has 0 radical (unpaired) electrons. The first-order chi connectivity index (χ1) is 17.8. The monoisotopic (exact) mass is 479 g/mol. The number of nitrogens with one attached hydrogen (secondary N) is 1. The first kappa shape index (κ1) is 24.3. The molecule has 0 aliphatic heterocycles. The predicted molar refractivity (Wildman–Crippen MR) is 149 cm³/mol. The van der Waals surface area contributed by atoms with Crippen LogP contribution in [0.2, 0.25) is 0 Å². The molecule has 186 valence electrons. The number of fused-ring (bicyclic) bond motifs is 1. The summed E-state index contributed by atoms with van der Waals surface area (Å²) in [5.74, 6) is 5.15. The molecule has 0 saturated heterocycles. The summed E-state index contributed by atoms with van der Waals surface area (Å²) in [5.41, 5.74) is 3.41. The molecule has 1 aliphatic carbocycles. The van der Waals surface area contributed by atoms with Gasteiger partial charge in [0.05, 0.1) is 18.1 Å². The largest absolute Gasteiger partial charge is 0.322 e.